The number of carboxylic acids is 1. The first-order valence-corrected chi connectivity index (χ1v) is 5.99. The van der Waals surface area contributed by atoms with E-state index in [1.807, 2.05) is 0 Å². The fraction of sp³-hybridized carbons (Fsp3) is 0.250. The highest BCUT2D eigenvalue weighted by Gasteiger charge is 2.10. The summed E-state index contributed by atoms with van der Waals surface area (Å²) in [6, 6.07) is 3.92. The van der Waals surface area contributed by atoms with Crippen LogP contribution in [0.4, 0.5) is 0 Å². The van der Waals surface area contributed by atoms with Gasteiger partial charge in [0.1, 0.15) is 11.7 Å². The molecule has 2 heterocycles. The van der Waals surface area contributed by atoms with Gasteiger partial charge in [0, 0.05) is 18.8 Å². The lowest BCUT2D eigenvalue weighted by atomic mass is 10.3. The lowest BCUT2D eigenvalue weighted by Crippen LogP contribution is -2.33. The third kappa shape index (κ3) is 3.10. The number of halogens is 1. The Bertz CT molecular complexity index is 683. The summed E-state index contributed by atoms with van der Waals surface area (Å²) in [4.78, 5) is 26.8. The number of carboxylic acid groups (broad SMARTS) is 1. The van der Waals surface area contributed by atoms with Crippen molar-refractivity contribution in [2.75, 3.05) is 0 Å². The molecule has 100 valence electrons. The Morgan fingerprint density at radius 2 is 2.32 bits per heavy atom. The molecule has 0 aliphatic rings. The first-order chi connectivity index (χ1) is 8.97. The van der Waals surface area contributed by atoms with E-state index in [1.54, 1.807) is 12.1 Å². The third-order valence-electron chi connectivity index (χ3n) is 2.64. The van der Waals surface area contributed by atoms with Crippen molar-refractivity contribution in [3.05, 3.63) is 45.5 Å². The Morgan fingerprint density at radius 3 is 3.00 bits per heavy atom. The van der Waals surface area contributed by atoms with Crippen LogP contribution in [-0.2, 0) is 11.3 Å². The maximum absolute atomic E-state index is 11.9. The van der Waals surface area contributed by atoms with Crippen molar-refractivity contribution in [2.45, 2.75) is 19.5 Å². The smallest absolute Gasteiger partial charge is 0.320 e. The highest BCUT2D eigenvalue weighted by atomic mass is 35.5. The molecule has 7 heteroatoms. The number of pyridine rings is 1. The van der Waals surface area contributed by atoms with Crippen LogP contribution in [0.1, 0.15) is 12.6 Å². The van der Waals surface area contributed by atoms with E-state index in [2.05, 4.69) is 10.3 Å². The predicted molar refractivity (Wildman–Crippen MR) is 70.4 cm³/mol. The van der Waals surface area contributed by atoms with Gasteiger partial charge in [-0.05, 0) is 19.1 Å². The highest BCUT2D eigenvalue weighted by Crippen LogP contribution is 2.08. The Balaban J connectivity index is 2.29. The number of hydrogen-bond donors (Lipinski definition) is 2. The maximum atomic E-state index is 11.9. The van der Waals surface area contributed by atoms with E-state index in [1.165, 1.54) is 23.6 Å². The van der Waals surface area contributed by atoms with Gasteiger partial charge in [-0.1, -0.05) is 11.6 Å². The minimum absolute atomic E-state index is 0.210. The van der Waals surface area contributed by atoms with Crippen LogP contribution in [0.5, 0.6) is 0 Å². The number of rotatable bonds is 4. The zero-order chi connectivity index (χ0) is 14.0. The van der Waals surface area contributed by atoms with E-state index in [9.17, 15) is 9.59 Å². The van der Waals surface area contributed by atoms with Crippen molar-refractivity contribution >= 4 is 23.2 Å². The van der Waals surface area contributed by atoms with Crippen LogP contribution in [0.25, 0.3) is 5.65 Å². The topological polar surface area (TPSA) is 83.7 Å². The van der Waals surface area contributed by atoms with Gasteiger partial charge in [-0.25, -0.2) is 4.98 Å². The van der Waals surface area contributed by atoms with Gasteiger partial charge in [-0.15, -0.1) is 0 Å². The van der Waals surface area contributed by atoms with E-state index in [4.69, 9.17) is 16.7 Å². The third-order valence-corrected chi connectivity index (χ3v) is 2.86. The van der Waals surface area contributed by atoms with Gasteiger partial charge in [0.2, 0.25) is 0 Å². The molecule has 0 aromatic carbocycles. The van der Waals surface area contributed by atoms with Crippen molar-refractivity contribution < 1.29 is 9.90 Å². The molecule has 1 unspecified atom stereocenters. The second-order valence-corrected chi connectivity index (χ2v) is 4.54. The zero-order valence-electron chi connectivity index (χ0n) is 10.1. The van der Waals surface area contributed by atoms with Gasteiger partial charge in [-0.3, -0.25) is 19.3 Å². The Hall–Kier alpha value is -1.92. The molecular formula is C12H12ClN3O3. The molecule has 0 aliphatic carbocycles. The normalized spacial score (nSPS) is 12.5. The summed E-state index contributed by atoms with van der Waals surface area (Å²) in [6.07, 6.45) is 1.49. The quantitative estimate of drug-likeness (QED) is 0.870. The fourth-order valence-electron chi connectivity index (χ4n) is 1.56. The van der Waals surface area contributed by atoms with Gasteiger partial charge < -0.3 is 5.11 Å². The highest BCUT2D eigenvalue weighted by molar-refractivity contribution is 6.30. The standard InChI is InChI=1S/C12H12ClN3O3/c1-7(12(18)19)14-5-9-4-11(17)16-6-8(13)2-3-10(16)15-9/h2-4,6-7,14H,5H2,1H3,(H,18,19). The SMILES string of the molecule is CC(NCc1cc(=O)n2cc(Cl)ccc2n1)C(=O)O. The van der Waals surface area contributed by atoms with Crippen LogP contribution in [0.3, 0.4) is 0 Å². The van der Waals surface area contributed by atoms with Crippen LogP contribution < -0.4 is 10.9 Å². The number of fused-ring (bicyclic) bond motifs is 1. The van der Waals surface area contributed by atoms with Gasteiger partial charge in [-0.2, -0.15) is 0 Å². The number of nitrogens with zero attached hydrogens (tertiary/aromatic N) is 2. The molecule has 0 amide bonds. The molecule has 2 aromatic heterocycles. The second-order valence-electron chi connectivity index (χ2n) is 4.10. The summed E-state index contributed by atoms with van der Waals surface area (Å²) in [6.45, 7) is 1.73. The van der Waals surface area contributed by atoms with Crippen molar-refractivity contribution in [3.8, 4) is 0 Å². The molecule has 0 saturated carbocycles. The minimum atomic E-state index is -0.954. The molecule has 0 radical (unpaired) electrons. The van der Waals surface area contributed by atoms with Crippen molar-refractivity contribution in [1.29, 1.82) is 0 Å². The zero-order valence-corrected chi connectivity index (χ0v) is 10.9. The van der Waals surface area contributed by atoms with Gasteiger partial charge in [0.05, 0.1) is 10.7 Å². The van der Waals surface area contributed by atoms with Gasteiger partial charge >= 0.3 is 5.97 Å². The van der Waals surface area contributed by atoms with E-state index in [-0.39, 0.29) is 12.1 Å². The van der Waals surface area contributed by atoms with Crippen LogP contribution in [0.15, 0.2) is 29.2 Å². The largest absolute Gasteiger partial charge is 0.480 e. The fourth-order valence-corrected chi connectivity index (χ4v) is 1.72. The van der Waals surface area contributed by atoms with Crippen molar-refractivity contribution in [2.24, 2.45) is 0 Å². The summed E-state index contributed by atoms with van der Waals surface area (Å²) >= 11 is 5.80. The van der Waals surface area contributed by atoms with E-state index < -0.39 is 12.0 Å². The maximum Gasteiger partial charge on any atom is 0.320 e. The average Bonchev–Trinajstić information content (AvgIpc) is 2.36. The second kappa shape index (κ2) is 5.38. The molecule has 0 aliphatic heterocycles. The molecular weight excluding hydrogens is 270 g/mol. The molecule has 2 aromatic rings. The number of nitrogens with one attached hydrogen (secondary N) is 1. The van der Waals surface area contributed by atoms with Gasteiger partial charge in [0.25, 0.3) is 5.56 Å². The number of hydrogen-bond acceptors (Lipinski definition) is 4. The molecule has 0 saturated heterocycles. The van der Waals surface area contributed by atoms with E-state index >= 15 is 0 Å². The van der Waals surface area contributed by atoms with Crippen molar-refractivity contribution in [1.82, 2.24) is 14.7 Å². The summed E-state index contributed by atoms with van der Waals surface area (Å²) in [5, 5.41) is 12.0. The summed E-state index contributed by atoms with van der Waals surface area (Å²) in [5.41, 5.74) is 0.698. The summed E-state index contributed by atoms with van der Waals surface area (Å²) in [7, 11) is 0. The predicted octanol–water partition coefficient (Wildman–Crippen LogP) is 0.911. The molecule has 2 N–H and O–H groups in total. The van der Waals surface area contributed by atoms with Gasteiger partial charge in [0.15, 0.2) is 0 Å². The first-order valence-electron chi connectivity index (χ1n) is 5.61. The molecule has 2 rings (SSSR count). The van der Waals surface area contributed by atoms with Crippen LogP contribution in [0, 0.1) is 0 Å². The minimum Gasteiger partial charge on any atom is -0.480 e. The lowest BCUT2D eigenvalue weighted by molar-refractivity contribution is -0.139. The van der Waals surface area contributed by atoms with E-state index in [0.717, 1.165) is 0 Å². The van der Waals surface area contributed by atoms with Crippen LogP contribution >= 0.6 is 11.6 Å². The Labute approximate surface area is 113 Å². The van der Waals surface area contributed by atoms with Crippen LogP contribution in [0.2, 0.25) is 5.02 Å². The molecule has 0 bridgehead atoms. The molecule has 1 atom stereocenters. The molecule has 6 nitrogen and oxygen atoms in total. The van der Waals surface area contributed by atoms with E-state index in [0.29, 0.717) is 16.4 Å². The Morgan fingerprint density at radius 1 is 1.58 bits per heavy atom. The lowest BCUT2D eigenvalue weighted by Gasteiger charge is -2.09. The van der Waals surface area contributed by atoms with Crippen LogP contribution in [-0.4, -0.2) is 26.5 Å². The monoisotopic (exact) mass is 281 g/mol. The number of aliphatic carboxylic acids is 1. The summed E-state index contributed by atoms with van der Waals surface area (Å²) in [5.74, 6) is -0.954. The molecule has 0 spiro atoms. The molecule has 19 heavy (non-hydrogen) atoms. The average molecular weight is 282 g/mol. The Kier molecular flexibility index (Phi) is 3.82. The van der Waals surface area contributed by atoms with Crippen molar-refractivity contribution in [3.63, 3.8) is 0 Å². The number of carbonyl (C=O) groups is 1. The summed E-state index contributed by atoms with van der Waals surface area (Å²) < 4.78 is 1.34. The number of aromatic nitrogens is 2. The molecule has 0 fully saturated rings. The first kappa shape index (κ1) is 13.5.